The van der Waals surface area contributed by atoms with Gasteiger partial charge in [-0.3, -0.25) is 4.79 Å². The van der Waals surface area contributed by atoms with Crippen molar-refractivity contribution in [2.45, 2.75) is 37.7 Å². The van der Waals surface area contributed by atoms with Gasteiger partial charge in [0.05, 0.1) is 10.0 Å². The van der Waals surface area contributed by atoms with Crippen LogP contribution in [0.3, 0.4) is 0 Å². The van der Waals surface area contributed by atoms with Crippen LogP contribution in [0.25, 0.3) is 0 Å². The van der Waals surface area contributed by atoms with E-state index >= 15 is 0 Å². The Bertz CT molecular complexity index is 557. The Labute approximate surface area is 132 Å². The highest BCUT2D eigenvalue weighted by Gasteiger charge is 2.43. The maximum absolute atomic E-state index is 12.5. The van der Waals surface area contributed by atoms with Gasteiger partial charge in [-0.25, -0.2) is 4.79 Å². The summed E-state index contributed by atoms with van der Waals surface area (Å²) in [7, 11) is 0. The van der Waals surface area contributed by atoms with Crippen LogP contribution in [0.1, 0.15) is 32.1 Å². The summed E-state index contributed by atoms with van der Waals surface area (Å²) in [5, 5.41) is 3.45. The molecule has 0 heterocycles. The molecule has 1 aliphatic rings. The van der Waals surface area contributed by atoms with E-state index in [9.17, 15) is 9.59 Å². The summed E-state index contributed by atoms with van der Waals surface area (Å²) in [5.41, 5.74) is 4.40. The third-order valence-electron chi connectivity index (χ3n) is 3.55. The Morgan fingerprint density at radius 1 is 1.14 bits per heavy atom. The summed E-state index contributed by atoms with van der Waals surface area (Å²) < 4.78 is 5.13. The monoisotopic (exact) mass is 330 g/mol. The van der Waals surface area contributed by atoms with Crippen molar-refractivity contribution in [3.63, 3.8) is 0 Å². The molecule has 114 valence electrons. The van der Waals surface area contributed by atoms with E-state index in [0.29, 0.717) is 28.6 Å². The first-order valence-electron chi connectivity index (χ1n) is 6.68. The lowest BCUT2D eigenvalue weighted by Gasteiger charge is -2.34. The fourth-order valence-electron chi connectivity index (χ4n) is 2.51. The molecule has 0 radical (unpaired) electrons. The number of ether oxygens (including phenoxy) is 1. The van der Waals surface area contributed by atoms with E-state index < -0.39 is 11.7 Å². The third-order valence-corrected chi connectivity index (χ3v) is 4.29. The Hall–Kier alpha value is -1.46. The quantitative estimate of drug-likeness (QED) is 0.885. The van der Waals surface area contributed by atoms with E-state index in [1.807, 2.05) is 0 Å². The summed E-state index contributed by atoms with van der Waals surface area (Å²) in [5.74, 6) is -0.389. The van der Waals surface area contributed by atoms with E-state index in [-0.39, 0.29) is 5.91 Å². The molecule has 1 aromatic carbocycles. The number of rotatable bonds is 3. The van der Waals surface area contributed by atoms with Crippen LogP contribution < -0.4 is 11.1 Å². The lowest BCUT2D eigenvalue weighted by atomic mass is 9.83. The fraction of sp³-hybridized carbons (Fsp3) is 0.429. The summed E-state index contributed by atoms with van der Waals surface area (Å²) in [6.45, 7) is 0. The van der Waals surface area contributed by atoms with Gasteiger partial charge >= 0.3 is 6.09 Å². The number of benzene rings is 1. The van der Waals surface area contributed by atoms with Gasteiger partial charge in [-0.05, 0) is 43.9 Å². The second-order valence-electron chi connectivity index (χ2n) is 5.06. The van der Waals surface area contributed by atoms with Gasteiger partial charge in [0.1, 0.15) is 0 Å². The van der Waals surface area contributed by atoms with Crippen LogP contribution in [0.15, 0.2) is 18.2 Å². The Morgan fingerprint density at radius 3 is 2.38 bits per heavy atom. The number of amides is 2. The predicted molar refractivity (Wildman–Crippen MR) is 81.6 cm³/mol. The predicted octanol–water partition coefficient (Wildman–Crippen LogP) is 3.73. The largest absolute Gasteiger partial charge is 0.433 e. The zero-order valence-electron chi connectivity index (χ0n) is 11.3. The highest BCUT2D eigenvalue weighted by atomic mass is 35.5. The van der Waals surface area contributed by atoms with Crippen molar-refractivity contribution in [3.05, 3.63) is 28.2 Å². The van der Waals surface area contributed by atoms with Gasteiger partial charge in [-0.1, -0.05) is 29.6 Å². The second kappa shape index (κ2) is 6.54. The van der Waals surface area contributed by atoms with Crippen LogP contribution in [-0.4, -0.2) is 17.6 Å². The van der Waals surface area contributed by atoms with Gasteiger partial charge in [-0.15, -0.1) is 0 Å². The number of carbonyl (C=O) groups is 2. The maximum atomic E-state index is 12.5. The van der Waals surface area contributed by atoms with Crippen LogP contribution in [-0.2, 0) is 9.53 Å². The first-order valence-corrected chi connectivity index (χ1v) is 7.43. The molecule has 0 atom stereocenters. The fourth-order valence-corrected chi connectivity index (χ4v) is 2.81. The normalized spacial score (nSPS) is 17.0. The molecule has 0 unspecified atom stereocenters. The molecule has 3 N–H and O–H groups in total. The lowest BCUT2D eigenvalue weighted by molar-refractivity contribution is -0.137. The van der Waals surface area contributed by atoms with Gasteiger partial charge in [0.2, 0.25) is 0 Å². The van der Waals surface area contributed by atoms with Crippen molar-refractivity contribution >= 4 is 40.9 Å². The minimum Gasteiger partial charge on any atom is -0.433 e. The Morgan fingerprint density at radius 2 is 1.81 bits per heavy atom. The summed E-state index contributed by atoms with van der Waals surface area (Å²) in [6, 6.07) is 4.76. The maximum Gasteiger partial charge on any atom is 0.405 e. The number of halogens is 2. The van der Waals surface area contributed by atoms with E-state index in [2.05, 4.69) is 5.32 Å². The SMILES string of the molecule is NC(=O)OC1(C(=O)Nc2ccc(Cl)c(Cl)c2)CCCCC1. The van der Waals surface area contributed by atoms with Crippen LogP contribution in [0, 0.1) is 0 Å². The van der Waals surface area contributed by atoms with E-state index in [4.69, 9.17) is 33.7 Å². The molecule has 7 heteroatoms. The third kappa shape index (κ3) is 3.80. The van der Waals surface area contributed by atoms with Crippen LogP contribution >= 0.6 is 23.2 Å². The van der Waals surface area contributed by atoms with E-state index in [1.165, 1.54) is 0 Å². The molecule has 21 heavy (non-hydrogen) atoms. The van der Waals surface area contributed by atoms with Crippen LogP contribution in [0.5, 0.6) is 0 Å². The Kier molecular flexibility index (Phi) is 4.96. The van der Waals surface area contributed by atoms with Crippen molar-refractivity contribution in [3.8, 4) is 0 Å². The van der Waals surface area contributed by atoms with E-state index in [0.717, 1.165) is 19.3 Å². The molecule has 1 fully saturated rings. The van der Waals surface area contributed by atoms with Gasteiger partial charge < -0.3 is 15.8 Å². The van der Waals surface area contributed by atoms with Gasteiger partial charge in [0.25, 0.3) is 5.91 Å². The standard InChI is InChI=1S/C14H16Cl2N2O3/c15-10-5-4-9(8-11(10)16)18-12(19)14(21-13(17)20)6-2-1-3-7-14/h4-5,8H,1-3,6-7H2,(H2,17,20)(H,18,19). The zero-order chi connectivity index (χ0) is 15.5. The molecule has 2 amide bonds. The number of primary amides is 1. The number of hydrogen-bond donors (Lipinski definition) is 2. The molecule has 0 aliphatic heterocycles. The zero-order valence-corrected chi connectivity index (χ0v) is 12.8. The minimum absolute atomic E-state index is 0.336. The Balaban J connectivity index is 2.17. The van der Waals surface area contributed by atoms with Crippen molar-refractivity contribution in [2.75, 3.05) is 5.32 Å². The number of hydrogen-bond acceptors (Lipinski definition) is 3. The van der Waals surface area contributed by atoms with Gasteiger partial charge in [0.15, 0.2) is 5.60 Å². The van der Waals surface area contributed by atoms with Crippen molar-refractivity contribution in [1.82, 2.24) is 0 Å². The first-order chi connectivity index (χ1) is 9.93. The first kappa shape index (κ1) is 15.9. The molecule has 2 rings (SSSR count). The van der Waals surface area contributed by atoms with Crippen LogP contribution in [0.4, 0.5) is 10.5 Å². The molecular weight excluding hydrogens is 315 g/mol. The summed E-state index contributed by atoms with van der Waals surface area (Å²) in [4.78, 5) is 23.6. The van der Waals surface area contributed by atoms with Gasteiger partial charge in [0, 0.05) is 5.69 Å². The smallest absolute Gasteiger partial charge is 0.405 e. The molecule has 0 spiro atoms. The minimum atomic E-state index is -1.20. The number of anilines is 1. The lowest BCUT2D eigenvalue weighted by Crippen LogP contribution is -2.49. The average Bonchev–Trinajstić information content (AvgIpc) is 2.43. The molecule has 1 aliphatic carbocycles. The molecular formula is C14H16Cl2N2O3. The summed E-state index contributed by atoms with van der Waals surface area (Å²) in [6.07, 6.45) is 2.60. The molecule has 0 saturated heterocycles. The molecule has 0 bridgehead atoms. The number of carbonyl (C=O) groups excluding carboxylic acids is 2. The van der Waals surface area contributed by atoms with Crippen molar-refractivity contribution < 1.29 is 14.3 Å². The average molecular weight is 331 g/mol. The number of nitrogens with two attached hydrogens (primary N) is 1. The molecule has 0 aromatic heterocycles. The second-order valence-corrected chi connectivity index (χ2v) is 5.87. The summed E-state index contributed by atoms with van der Waals surface area (Å²) >= 11 is 11.7. The molecule has 1 saturated carbocycles. The molecule has 1 aromatic rings. The van der Waals surface area contributed by atoms with Gasteiger partial charge in [-0.2, -0.15) is 0 Å². The van der Waals surface area contributed by atoms with Crippen molar-refractivity contribution in [2.24, 2.45) is 5.73 Å². The highest BCUT2D eigenvalue weighted by molar-refractivity contribution is 6.42. The molecule has 5 nitrogen and oxygen atoms in total. The van der Waals surface area contributed by atoms with Crippen molar-refractivity contribution in [1.29, 1.82) is 0 Å². The highest BCUT2D eigenvalue weighted by Crippen LogP contribution is 2.33. The van der Waals surface area contributed by atoms with Crippen LogP contribution in [0.2, 0.25) is 10.0 Å². The number of nitrogens with one attached hydrogen (secondary N) is 1. The van der Waals surface area contributed by atoms with E-state index in [1.54, 1.807) is 18.2 Å². The topological polar surface area (TPSA) is 81.4 Å².